The van der Waals surface area contributed by atoms with E-state index in [1.807, 2.05) is 53.9 Å². The van der Waals surface area contributed by atoms with Gasteiger partial charge >= 0.3 is 0 Å². The minimum atomic E-state index is -0.359. The van der Waals surface area contributed by atoms with E-state index in [4.69, 9.17) is 0 Å². The van der Waals surface area contributed by atoms with E-state index < -0.39 is 0 Å². The molecule has 1 aromatic carbocycles. The summed E-state index contributed by atoms with van der Waals surface area (Å²) in [7, 11) is 0. The molecule has 1 aliphatic carbocycles. The van der Waals surface area contributed by atoms with Gasteiger partial charge in [0.15, 0.2) is 0 Å². The van der Waals surface area contributed by atoms with Crippen molar-refractivity contribution in [1.29, 1.82) is 0 Å². The zero-order chi connectivity index (χ0) is 18.1. The average molecular weight is 366 g/mol. The number of fused-ring (bicyclic) bond motifs is 1. The van der Waals surface area contributed by atoms with Crippen LogP contribution < -0.4 is 5.32 Å². The van der Waals surface area contributed by atoms with Gasteiger partial charge in [-0.25, -0.2) is 0 Å². The second kappa shape index (κ2) is 6.88. The second-order valence-electron chi connectivity index (χ2n) is 6.49. The maximum absolute atomic E-state index is 12.5. The van der Waals surface area contributed by atoms with Crippen molar-refractivity contribution in [3.8, 4) is 10.4 Å². The molecule has 6 heteroatoms. The molecule has 1 N–H and O–H groups in total. The highest BCUT2D eigenvalue weighted by Crippen LogP contribution is 2.35. The number of hydrogen-bond donors (Lipinski definition) is 1. The molecule has 0 bridgehead atoms. The third kappa shape index (κ3) is 2.97. The number of nitrogens with one attached hydrogen (secondary N) is 1. The molecule has 3 amide bonds. The number of hydrogen-bond acceptors (Lipinski definition) is 4. The van der Waals surface area contributed by atoms with Gasteiger partial charge in [-0.2, -0.15) is 0 Å². The number of benzene rings is 1. The van der Waals surface area contributed by atoms with E-state index >= 15 is 0 Å². The standard InChI is InChI=1S/C20H18N2O3S/c23-18(12-22-19(24)13-6-1-2-7-14(13)20(22)25)21-16-9-4-3-8-15(16)17-10-5-11-26-17/h1-5,8-11,13-14H,6-7,12H2,(H,21,23)/t13-,14-/m0/s1. The highest BCUT2D eigenvalue weighted by molar-refractivity contribution is 7.13. The molecule has 0 spiro atoms. The van der Waals surface area contributed by atoms with Crippen molar-refractivity contribution in [1.82, 2.24) is 4.90 Å². The van der Waals surface area contributed by atoms with Crippen molar-refractivity contribution in [3.05, 3.63) is 53.9 Å². The third-order valence-corrected chi connectivity index (χ3v) is 5.79. The molecular formula is C20H18N2O3S. The van der Waals surface area contributed by atoms with Crippen LogP contribution in [0.4, 0.5) is 5.69 Å². The van der Waals surface area contributed by atoms with Crippen molar-refractivity contribution >= 4 is 34.7 Å². The monoisotopic (exact) mass is 366 g/mol. The van der Waals surface area contributed by atoms with Crippen molar-refractivity contribution < 1.29 is 14.4 Å². The van der Waals surface area contributed by atoms with E-state index in [1.54, 1.807) is 11.3 Å². The van der Waals surface area contributed by atoms with Gasteiger partial charge in [0, 0.05) is 16.1 Å². The van der Waals surface area contributed by atoms with Gasteiger partial charge in [-0.1, -0.05) is 36.4 Å². The molecule has 1 fully saturated rings. The first kappa shape index (κ1) is 16.7. The van der Waals surface area contributed by atoms with Crippen LogP contribution in [-0.2, 0) is 14.4 Å². The summed E-state index contributed by atoms with van der Waals surface area (Å²) in [4.78, 5) is 39.7. The number of para-hydroxylation sites is 1. The lowest BCUT2D eigenvalue weighted by atomic mass is 9.85. The van der Waals surface area contributed by atoms with Gasteiger partial charge in [0.25, 0.3) is 0 Å². The van der Waals surface area contributed by atoms with Crippen LogP contribution in [0, 0.1) is 11.8 Å². The van der Waals surface area contributed by atoms with Gasteiger partial charge < -0.3 is 5.32 Å². The van der Waals surface area contributed by atoms with Crippen molar-refractivity contribution in [2.24, 2.45) is 11.8 Å². The number of nitrogens with zero attached hydrogens (tertiary/aromatic N) is 1. The molecule has 26 heavy (non-hydrogen) atoms. The van der Waals surface area contributed by atoms with E-state index in [2.05, 4.69) is 5.32 Å². The molecule has 132 valence electrons. The first-order valence-electron chi connectivity index (χ1n) is 8.58. The van der Waals surface area contributed by atoms with Gasteiger partial charge in [-0.3, -0.25) is 19.3 Å². The Balaban J connectivity index is 1.49. The topological polar surface area (TPSA) is 66.5 Å². The van der Waals surface area contributed by atoms with E-state index in [0.29, 0.717) is 18.5 Å². The summed E-state index contributed by atoms with van der Waals surface area (Å²) in [5.74, 6) is -1.43. The van der Waals surface area contributed by atoms with E-state index in [1.165, 1.54) is 0 Å². The number of carbonyl (C=O) groups excluding carboxylic acids is 3. The number of carbonyl (C=O) groups is 3. The van der Waals surface area contributed by atoms with Gasteiger partial charge in [0.1, 0.15) is 6.54 Å². The van der Waals surface area contributed by atoms with E-state index in [-0.39, 0.29) is 36.1 Å². The molecule has 0 saturated carbocycles. The van der Waals surface area contributed by atoms with Crippen molar-refractivity contribution in [2.45, 2.75) is 12.8 Å². The quantitative estimate of drug-likeness (QED) is 0.667. The largest absolute Gasteiger partial charge is 0.324 e. The van der Waals surface area contributed by atoms with Crippen LogP contribution in [0.1, 0.15) is 12.8 Å². The Morgan fingerprint density at radius 3 is 2.38 bits per heavy atom. The molecule has 1 saturated heterocycles. The lowest BCUT2D eigenvalue weighted by molar-refractivity contribution is -0.142. The molecule has 2 heterocycles. The molecule has 2 atom stereocenters. The first-order valence-corrected chi connectivity index (χ1v) is 9.46. The van der Waals surface area contributed by atoms with Gasteiger partial charge in [-0.15, -0.1) is 11.3 Å². The lowest BCUT2D eigenvalue weighted by Gasteiger charge is -2.15. The van der Waals surface area contributed by atoms with Crippen molar-refractivity contribution in [3.63, 3.8) is 0 Å². The fraction of sp³-hybridized carbons (Fsp3) is 0.250. The van der Waals surface area contributed by atoms with Crippen LogP contribution in [0.3, 0.4) is 0 Å². The number of allylic oxidation sites excluding steroid dienone is 2. The highest BCUT2D eigenvalue weighted by atomic mass is 32.1. The molecule has 2 aromatic rings. The molecular weight excluding hydrogens is 348 g/mol. The summed E-state index contributed by atoms with van der Waals surface area (Å²) in [6.45, 7) is -0.233. The lowest BCUT2D eigenvalue weighted by Crippen LogP contribution is -2.38. The van der Waals surface area contributed by atoms with Crippen LogP contribution in [0.15, 0.2) is 53.9 Å². The van der Waals surface area contributed by atoms with Crippen LogP contribution in [-0.4, -0.2) is 29.2 Å². The molecule has 2 aliphatic rings. The summed E-state index contributed by atoms with van der Waals surface area (Å²) in [6.07, 6.45) is 5.03. The Bertz CT molecular complexity index is 862. The number of rotatable bonds is 4. The number of imide groups is 1. The fourth-order valence-electron chi connectivity index (χ4n) is 3.60. The Morgan fingerprint density at radius 1 is 1.04 bits per heavy atom. The highest BCUT2D eigenvalue weighted by Gasteiger charge is 2.47. The molecule has 5 nitrogen and oxygen atoms in total. The Labute approximate surface area is 155 Å². The second-order valence-corrected chi connectivity index (χ2v) is 7.44. The number of likely N-dealkylation sites (tertiary alicyclic amines) is 1. The zero-order valence-electron chi connectivity index (χ0n) is 14.1. The zero-order valence-corrected chi connectivity index (χ0v) is 14.9. The third-order valence-electron chi connectivity index (χ3n) is 4.89. The predicted molar refractivity (Wildman–Crippen MR) is 100 cm³/mol. The van der Waals surface area contributed by atoms with Crippen molar-refractivity contribution in [2.75, 3.05) is 11.9 Å². The van der Waals surface area contributed by atoms with Gasteiger partial charge in [0.05, 0.1) is 11.8 Å². The summed E-state index contributed by atoms with van der Waals surface area (Å²) in [5.41, 5.74) is 1.60. The average Bonchev–Trinajstić information content (AvgIpc) is 3.26. The van der Waals surface area contributed by atoms with E-state index in [9.17, 15) is 14.4 Å². The number of thiophene rings is 1. The minimum absolute atomic E-state index is 0.231. The normalized spacial score (nSPS) is 21.8. The van der Waals surface area contributed by atoms with Crippen LogP contribution in [0.25, 0.3) is 10.4 Å². The molecule has 0 radical (unpaired) electrons. The summed E-state index contributed by atoms with van der Waals surface area (Å²) >= 11 is 1.59. The Morgan fingerprint density at radius 2 is 1.73 bits per heavy atom. The Kier molecular flexibility index (Phi) is 4.42. The minimum Gasteiger partial charge on any atom is -0.324 e. The summed E-state index contributed by atoms with van der Waals surface area (Å²) in [5, 5.41) is 4.83. The summed E-state index contributed by atoms with van der Waals surface area (Å²) in [6, 6.07) is 11.5. The molecule has 4 rings (SSSR count). The number of anilines is 1. The maximum Gasteiger partial charge on any atom is 0.244 e. The van der Waals surface area contributed by atoms with Crippen LogP contribution in [0.5, 0.6) is 0 Å². The SMILES string of the molecule is O=C(CN1C(=O)[C@H]2CC=CC[C@@H]2C1=O)Nc1ccccc1-c1cccs1. The predicted octanol–water partition coefficient (Wildman–Crippen LogP) is 3.30. The first-order chi connectivity index (χ1) is 12.6. The fourth-order valence-corrected chi connectivity index (χ4v) is 4.36. The smallest absolute Gasteiger partial charge is 0.244 e. The number of amides is 3. The van der Waals surface area contributed by atoms with Crippen LogP contribution >= 0.6 is 11.3 Å². The molecule has 1 aromatic heterocycles. The summed E-state index contributed by atoms with van der Waals surface area (Å²) < 4.78 is 0. The van der Waals surface area contributed by atoms with Crippen LogP contribution in [0.2, 0.25) is 0 Å². The maximum atomic E-state index is 12.5. The van der Waals surface area contributed by atoms with E-state index in [0.717, 1.165) is 15.3 Å². The van der Waals surface area contributed by atoms with Gasteiger partial charge in [-0.05, 0) is 30.4 Å². The molecule has 0 unspecified atom stereocenters. The molecule has 1 aliphatic heterocycles. The van der Waals surface area contributed by atoms with Gasteiger partial charge in [0.2, 0.25) is 17.7 Å². The Hall–Kier alpha value is -2.73.